The first-order valence-electron chi connectivity index (χ1n) is 13.7. The van der Waals surface area contributed by atoms with Gasteiger partial charge >= 0.3 is 0 Å². The molecule has 0 spiro atoms. The first-order valence-corrected chi connectivity index (χ1v) is 15.3. The summed E-state index contributed by atoms with van der Waals surface area (Å²) in [6.07, 6.45) is 0.974. The number of aromatic nitrogens is 2. The van der Waals surface area contributed by atoms with Crippen molar-refractivity contribution in [3.05, 3.63) is 119 Å². The molecule has 1 aliphatic rings. The van der Waals surface area contributed by atoms with Crippen LogP contribution in [-0.2, 0) is 16.9 Å². The lowest BCUT2D eigenvalue weighted by molar-refractivity contribution is 0.0576. The molecule has 0 saturated heterocycles. The van der Waals surface area contributed by atoms with E-state index in [1.807, 2.05) is 6.92 Å². The lowest BCUT2D eigenvalue weighted by Crippen LogP contribution is -2.51. The van der Waals surface area contributed by atoms with Crippen LogP contribution in [0.25, 0.3) is 0 Å². The minimum Gasteiger partial charge on any atom is -0.490 e. The van der Waals surface area contributed by atoms with Gasteiger partial charge in [-0.2, -0.15) is 5.10 Å². The van der Waals surface area contributed by atoms with Gasteiger partial charge in [-0.3, -0.25) is 4.79 Å². The van der Waals surface area contributed by atoms with Gasteiger partial charge in [-0.25, -0.2) is 4.68 Å². The topological polar surface area (TPSA) is 53.4 Å². The Bertz CT molecular complexity index is 1410. The molecule has 6 heteroatoms. The molecule has 1 heterocycles. The highest BCUT2D eigenvalue weighted by atomic mass is 28.3. The van der Waals surface area contributed by atoms with Crippen LogP contribution in [0.1, 0.15) is 38.4 Å². The summed E-state index contributed by atoms with van der Waals surface area (Å²) in [7, 11) is -0.312. The molecule has 0 bridgehead atoms. The Morgan fingerprint density at radius 1 is 0.949 bits per heavy atom. The molecule has 3 atom stereocenters. The molecule has 5 nitrogen and oxygen atoms in total. The third-order valence-electron chi connectivity index (χ3n) is 7.90. The van der Waals surface area contributed by atoms with Crippen molar-refractivity contribution in [3.63, 3.8) is 0 Å². The number of nitrogens with zero attached hydrogens (tertiary/aromatic N) is 2. The molecule has 0 radical (unpaired) electrons. The van der Waals surface area contributed by atoms with E-state index in [1.165, 1.54) is 20.6 Å². The average Bonchev–Trinajstić information content (AvgIpc) is 3.66. The molecule has 0 N–H and O–H groups in total. The van der Waals surface area contributed by atoms with Crippen molar-refractivity contribution < 1.29 is 9.16 Å². The maximum Gasteiger partial charge on any atom is 0.270 e. The number of benzene rings is 3. The number of ether oxygens (including phenoxy) is 1. The molecule has 3 aromatic carbocycles. The SMILES string of the molecule is Cc1nn(C)c(=O)cc1OC[C@@]1(c2ccccc2)C[C@H]1C(O[SiH](c1ccccc1)c1ccccc1)C(C)(C)C. The van der Waals surface area contributed by atoms with Crippen molar-refractivity contribution in [2.24, 2.45) is 18.4 Å². The van der Waals surface area contributed by atoms with Crippen LogP contribution >= 0.6 is 0 Å². The Morgan fingerprint density at radius 3 is 2.03 bits per heavy atom. The molecule has 39 heavy (non-hydrogen) atoms. The van der Waals surface area contributed by atoms with Gasteiger partial charge in [0, 0.05) is 18.5 Å². The summed E-state index contributed by atoms with van der Waals surface area (Å²) in [5.74, 6) is 0.815. The van der Waals surface area contributed by atoms with Gasteiger partial charge in [0.1, 0.15) is 11.4 Å². The third kappa shape index (κ3) is 5.77. The summed E-state index contributed by atoms with van der Waals surface area (Å²) in [6, 6.07) is 33.5. The fourth-order valence-electron chi connectivity index (χ4n) is 5.72. The molecule has 0 aliphatic heterocycles. The van der Waals surface area contributed by atoms with Crippen molar-refractivity contribution >= 4 is 19.4 Å². The summed E-state index contributed by atoms with van der Waals surface area (Å²) in [4.78, 5) is 12.3. The Kier molecular flexibility index (Phi) is 7.61. The fraction of sp³-hybridized carbons (Fsp3) is 0.333. The summed E-state index contributed by atoms with van der Waals surface area (Å²) < 4.78 is 15.1. The lowest BCUT2D eigenvalue weighted by Gasteiger charge is -2.36. The van der Waals surface area contributed by atoms with E-state index in [1.54, 1.807) is 13.1 Å². The Hall–Kier alpha value is -3.48. The Morgan fingerprint density at radius 2 is 1.49 bits per heavy atom. The normalized spacial score (nSPS) is 19.6. The van der Waals surface area contributed by atoms with Gasteiger partial charge in [0.15, 0.2) is 0 Å². The van der Waals surface area contributed by atoms with Crippen molar-refractivity contribution in [1.29, 1.82) is 0 Å². The highest BCUT2D eigenvalue weighted by Gasteiger charge is 2.62. The maximum absolute atomic E-state index is 12.3. The van der Waals surface area contributed by atoms with E-state index >= 15 is 0 Å². The van der Waals surface area contributed by atoms with Gasteiger partial charge in [-0.05, 0) is 40.6 Å². The van der Waals surface area contributed by atoms with Crippen LogP contribution in [0.15, 0.2) is 102 Å². The lowest BCUT2D eigenvalue weighted by atomic mass is 9.82. The van der Waals surface area contributed by atoms with Gasteiger partial charge in [0.05, 0.1) is 12.7 Å². The molecule has 1 fully saturated rings. The second-order valence-electron chi connectivity index (χ2n) is 11.8. The van der Waals surface area contributed by atoms with Gasteiger partial charge in [0.25, 0.3) is 5.56 Å². The van der Waals surface area contributed by atoms with Crippen LogP contribution in [0, 0.1) is 18.3 Å². The van der Waals surface area contributed by atoms with Gasteiger partial charge < -0.3 is 9.16 Å². The maximum atomic E-state index is 12.3. The zero-order chi connectivity index (χ0) is 27.6. The molecule has 1 aliphatic carbocycles. The third-order valence-corrected chi connectivity index (χ3v) is 10.5. The van der Waals surface area contributed by atoms with Gasteiger partial charge in [-0.1, -0.05) is 112 Å². The van der Waals surface area contributed by atoms with Crippen molar-refractivity contribution in [2.75, 3.05) is 6.61 Å². The number of rotatable bonds is 9. The number of hydrogen-bond donors (Lipinski definition) is 0. The number of aryl methyl sites for hydroxylation is 2. The average molecular weight is 539 g/mol. The van der Waals surface area contributed by atoms with E-state index in [0.29, 0.717) is 18.1 Å². The quantitative estimate of drug-likeness (QED) is 0.297. The van der Waals surface area contributed by atoms with Gasteiger partial charge in [-0.15, -0.1) is 0 Å². The van der Waals surface area contributed by atoms with Crippen molar-refractivity contribution in [2.45, 2.75) is 45.6 Å². The highest BCUT2D eigenvalue weighted by molar-refractivity contribution is 6.80. The van der Waals surface area contributed by atoms with Crippen LogP contribution in [0.4, 0.5) is 0 Å². The van der Waals surface area contributed by atoms with Crippen LogP contribution in [-0.4, -0.2) is 31.5 Å². The molecule has 1 unspecified atom stereocenters. The van der Waals surface area contributed by atoms with Crippen LogP contribution in [0.3, 0.4) is 0 Å². The second-order valence-corrected chi connectivity index (χ2v) is 14.2. The zero-order valence-corrected chi connectivity index (χ0v) is 24.7. The van der Waals surface area contributed by atoms with Gasteiger partial charge in [0.2, 0.25) is 9.04 Å². The minimum atomic E-state index is -1.97. The van der Waals surface area contributed by atoms with E-state index in [-0.39, 0.29) is 28.4 Å². The predicted molar refractivity (Wildman–Crippen MR) is 160 cm³/mol. The summed E-state index contributed by atoms with van der Waals surface area (Å²) >= 11 is 0. The molecular formula is C33H38N2O3Si. The molecular weight excluding hydrogens is 500 g/mol. The van der Waals surface area contributed by atoms with Crippen molar-refractivity contribution in [3.8, 4) is 5.75 Å². The summed E-state index contributed by atoms with van der Waals surface area (Å²) in [5, 5.41) is 6.89. The Labute approximate surface area is 233 Å². The second kappa shape index (κ2) is 10.9. The number of hydrogen-bond acceptors (Lipinski definition) is 4. The molecule has 1 aromatic heterocycles. The minimum absolute atomic E-state index is 0.0150. The first-order chi connectivity index (χ1) is 18.7. The molecule has 1 saturated carbocycles. The van der Waals surface area contributed by atoms with Crippen LogP contribution in [0.2, 0.25) is 0 Å². The summed E-state index contributed by atoms with van der Waals surface area (Å²) in [6.45, 7) is 9.19. The van der Waals surface area contributed by atoms with Crippen molar-refractivity contribution in [1.82, 2.24) is 9.78 Å². The van der Waals surface area contributed by atoms with E-state index < -0.39 is 9.04 Å². The predicted octanol–water partition coefficient (Wildman–Crippen LogP) is 4.39. The molecule has 4 aromatic rings. The monoisotopic (exact) mass is 538 g/mol. The highest BCUT2D eigenvalue weighted by Crippen LogP contribution is 2.59. The van der Waals surface area contributed by atoms with Crippen LogP contribution in [0.5, 0.6) is 5.75 Å². The summed E-state index contributed by atoms with van der Waals surface area (Å²) in [5.41, 5.74) is 1.49. The molecule has 0 amide bonds. The molecule has 5 rings (SSSR count). The standard InChI is InChI=1S/C33H38N2O3Si/c1-24-29(21-30(36)35(5)34-24)37-23-33(25-15-9-6-10-16-25)22-28(33)31(32(2,3)4)38-39(26-17-11-7-12-18-26)27-19-13-8-14-20-27/h6-21,28,31,39H,22-23H2,1-5H3/t28-,31?,33+/m0/s1. The van der Waals surface area contributed by atoms with E-state index in [9.17, 15) is 4.79 Å². The zero-order valence-electron chi connectivity index (χ0n) is 23.5. The van der Waals surface area contributed by atoms with E-state index in [4.69, 9.17) is 9.16 Å². The van der Waals surface area contributed by atoms with E-state index in [0.717, 1.165) is 6.42 Å². The molecule has 202 valence electrons. The largest absolute Gasteiger partial charge is 0.490 e. The fourth-order valence-corrected chi connectivity index (χ4v) is 8.46. The van der Waals surface area contributed by atoms with Crippen LogP contribution < -0.4 is 20.7 Å². The smallest absolute Gasteiger partial charge is 0.270 e. The van der Waals surface area contributed by atoms with E-state index in [2.05, 4.69) is 117 Å². The Balaban J connectivity index is 1.50. The first kappa shape index (κ1) is 27.1.